The van der Waals surface area contributed by atoms with Gasteiger partial charge in [0.1, 0.15) is 0 Å². The smallest absolute Gasteiger partial charge is 0.0945 e. The Hall–Kier alpha value is -0.860. The second kappa shape index (κ2) is 3.62. The van der Waals surface area contributed by atoms with E-state index in [-0.39, 0.29) is 5.60 Å². The van der Waals surface area contributed by atoms with Gasteiger partial charge in [-0.3, -0.25) is 0 Å². The lowest BCUT2D eigenvalue weighted by Gasteiger charge is -2.41. The average Bonchev–Trinajstić information content (AvgIpc) is 2.17. The number of aliphatic hydroxyl groups is 1. The van der Waals surface area contributed by atoms with Gasteiger partial charge < -0.3 is 9.84 Å². The van der Waals surface area contributed by atoms with Gasteiger partial charge in [0.05, 0.1) is 17.8 Å². The third kappa shape index (κ3) is 2.21. The number of benzene rings is 1. The highest BCUT2D eigenvalue weighted by Crippen LogP contribution is 2.38. The van der Waals surface area contributed by atoms with Crippen molar-refractivity contribution in [2.24, 2.45) is 0 Å². The highest BCUT2D eigenvalue weighted by molar-refractivity contribution is 5.23. The Labute approximate surface area is 90.9 Å². The van der Waals surface area contributed by atoms with Crippen LogP contribution in [0.5, 0.6) is 0 Å². The van der Waals surface area contributed by atoms with E-state index in [1.165, 1.54) is 0 Å². The highest BCUT2D eigenvalue weighted by atomic mass is 16.5. The van der Waals surface area contributed by atoms with Crippen molar-refractivity contribution in [1.29, 1.82) is 0 Å². The Kier molecular flexibility index (Phi) is 2.57. The predicted molar refractivity (Wildman–Crippen MR) is 59.6 cm³/mol. The van der Waals surface area contributed by atoms with E-state index in [0.29, 0.717) is 19.4 Å². The van der Waals surface area contributed by atoms with Crippen LogP contribution in [0.2, 0.25) is 0 Å². The first-order chi connectivity index (χ1) is 7.02. The maximum absolute atomic E-state index is 10.6. The molecule has 0 unspecified atom stereocenters. The van der Waals surface area contributed by atoms with Crippen molar-refractivity contribution < 1.29 is 9.84 Å². The van der Waals surface area contributed by atoms with Crippen LogP contribution in [-0.4, -0.2) is 17.3 Å². The summed E-state index contributed by atoms with van der Waals surface area (Å²) < 4.78 is 5.62. The first-order valence-corrected chi connectivity index (χ1v) is 5.44. The summed E-state index contributed by atoms with van der Waals surface area (Å²) in [7, 11) is 0. The molecule has 1 aliphatic rings. The van der Waals surface area contributed by atoms with Crippen LogP contribution in [0.1, 0.15) is 32.3 Å². The second-order valence-electron chi connectivity index (χ2n) is 4.93. The van der Waals surface area contributed by atoms with Crippen molar-refractivity contribution in [1.82, 2.24) is 0 Å². The minimum atomic E-state index is -0.719. The zero-order valence-corrected chi connectivity index (χ0v) is 9.36. The summed E-state index contributed by atoms with van der Waals surface area (Å²) in [6.07, 6.45) is 1.34. The number of hydrogen-bond donors (Lipinski definition) is 1. The Morgan fingerprint density at radius 1 is 1.20 bits per heavy atom. The third-order valence-corrected chi connectivity index (χ3v) is 3.04. The van der Waals surface area contributed by atoms with Gasteiger partial charge >= 0.3 is 0 Å². The fourth-order valence-corrected chi connectivity index (χ4v) is 2.33. The quantitative estimate of drug-likeness (QED) is 0.764. The van der Waals surface area contributed by atoms with Crippen molar-refractivity contribution in [3.05, 3.63) is 35.9 Å². The van der Waals surface area contributed by atoms with Gasteiger partial charge in [0.15, 0.2) is 0 Å². The standard InChI is InChI=1S/C13H18O2/c1-12(2)10-13(14,8-9-15-12)11-6-4-3-5-7-11/h3-7,14H,8-10H2,1-2H3/t13-/m1/s1. The molecule has 0 aromatic heterocycles. The lowest BCUT2D eigenvalue weighted by Crippen LogP contribution is -2.43. The number of hydrogen-bond acceptors (Lipinski definition) is 2. The van der Waals surface area contributed by atoms with Gasteiger partial charge in [-0.1, -0.05) is 30.3 Å². The molecule has 0 radical (unpaired) electrons. The minimum absolute atomic E-state index is 0.233. The number of ether oxygens (including phenoxy) is 1. The Bertz CT molecular complexity index is 332. The van der Waals surface area contributed by atoms with Gasteiger partial charge in [-0.15, -0.1) is 0 Å². The van der Waals surface area contributed by atoms with Gasteiger partial charge in [-0.05, 0) is 19.4 Å². The third-order valence-electron chi connectivity index (χ3n) is 3.04. The Morgan fingerprint density at radius 3 is 2.47 bits per heavy atom. The molecule has 1 fully saturated rings. The van der Waals surface area contributed by atoms with E-state index in [9.17, 15) is 5.11 Å². The van der Waals surface area contributed by atoms with Gasteiger partial charge in [0.2, 0.25) is 0 Å². The molecule has 1 saturated heterocycles. The lowest BCUT2D eigenvalue weighted by atomic mass is 9.79. The molecular weight excluding hydrogens is 188 g/mol. The van der Waals surface area contributed by atoms with Crippen LogP contribution < -0.4 is 0 Å². The van der Waals surface area contributed by atoms with Crippen molar-refractivity contribution in [3.63, 3.8) is 0 Å². The van der Waals surface area contributed by atoms with Crippen LogP contribution in [0, 0.1) is 0 Å². The van der Waals surface area contributed by atoms with E-state index in [0.717, 1.165) is 5.56 Å². The molecule has 82 valence electrons. The van der Waals surface area contributed by atoms with Crippen LogP contribution in [0.15, 0.2) is 30.3 Å². The maximum Gasteiger partial charge on any atom is 0.0945 e. The summed E-state index contributed by atoms with van der Waals surface area (Å²) in [5.74, 6) is 0. The van der Waals surface area contributed by atoms with Crippen LogP contribution in [0.25, 0.3) is 0 Å². The predicted octanol–water partition coefficient (Wildman–Crippen LogP) is 2.46. The molecule has 0 saturated carbocycles. The number of rotatable bonds is 1. The Morgan fingerprint density at radius 2 is 1.87 bits per heavy atom. The molecule has 1 aromatic rings. The minimum Gasteiger partial charge on any atom is -0.385 e. The van der Waals surface area contributed by atoms with Gasteiger partial charge in [-0.2, -0.15) is 0 Å². The van der Waals surface area contributed by atoms with Crippen LogP contribution in [-0.2, 0) is 10.3 Å². The van der Waals surface area contributed by atoms with Crippen LogP contribution in [0.4, 0.5) is 0 Å². The highest BCUT2D eigenvalue weighted by Gasteiger charge is 2.40. The van der Waals surface area contributed by atoms with E-state index in [1.54, 1.807) is 0 Å². The molecule has 2 rings (SSSR count). The molecule has 1 heterocycles. The molecule has 1 N–H and O–H groups in total. The fraction of sp³-hybridized carbons (Fsp3) is 0.538. The second-order valence-corrected chi connectivity index (χ2v) is 4.93. The van der Waals surface area contributed by atoms with Gasteiger partial charge in [0.25, 0.3) is 0 Å². The summed E-state index contributed by atoms with van der Waals surface area (Å²) >= 11 is 0. The van der Waals surface area contributed by atoms with Crippen molar-refractivity contribution in [3.8, 4) is 0 Å². The first kappa shape index (κ1) is 10.7. The molecule has 2 heteroatoms. The molecule has 1 aliphatic heterocycles. The lowest BCUT2D eigenvalue weighted by molar-refractivity contribution is -0.148. The topological polar surface area (TPSA) is 29.5 Å². The van der Waals surface area contributed by atoms with Gasteiger partial charge in [0, 0.05) is 12.8 Å². The van der Waals surface area contributed by atoms with Crippen LogP contribution >= 0.6 is 0 Å². The Balaban J connectivity index is 2.27. The zero-order chi connectivity index (χ0) is 10.9. The van der Waals surface area contributed by atoms with Crippen molar-refractivity contribution >= 4 is 0 Å². The fourth-order valence-electron chi connectivity index (χ4n) is 2.33. The summed E-state index contributed by atoms with van der Waals surface area (Å²) in [5, 5.41) is 10.6. The molecule has 1 aromatic carbocycles. The monoisotopic (exact) mass is 206 g/mol. The molecular formula is C13H18O2. The van der Waals surface area contributed by atoms with Crippen molar-refractivity contribution in [2.45, 2.75) is 37.9 Å². The van der Waals surface area contributed by atoms with Crippen LogP contribution in [0.3, 0.4) is 0 Å². The van der Waals surface area contributed by atoms with E-state index in [4.69, 9.17) is 4.74 Å². The molecule has 0 aliphatic carbocycles. The van der Waals surface area contributed by atoms with Crippen molar-refractivity contribution in [2.75, 3.05) is 6.61 Å². The van der Waals surface area contributed by atoms with E-state index in [1.807, 2.05) is 44.2 Å². The summed E-state index contributed by atoms with van der Waals surface area (Å²) in [5.41, 5.74) is 0.0487. The summed E-state index contributed by atoms with van der Waals surface area (Å²) in [6.45, 7) is 4.68. The molecule has 15 heavy (non-hydrogen) atoms. The van der Waals surface area contributed by atoms with E-state index < -0.39 is 5.60 Å². The largest absolute Gasteiger partial charge is 0.385 e. The molecule has 0 bridgehead atoms. The molecule has 0 spiro atoms. The van der Waals surface area contributed by atoms with E-state index in [2.05, 4.69) is 0 Å². The maximum atomic E-state index is 10.6. The summed E-state index contributed by atoms with van der Waals surface area (Å²) in [4.78, 5) is 0. The molecule has 1 atom stereocenters. The van der Waals surface area contributed by atoms with Gasteiger partial charge in [-0.25, -0.2) is 0 Å². The summed E-state index contributed by atoms with van der Waals surface area (Å²) in [6, 6.07) is 9.88. The SMILES string of the molecule is CC1(C)C[C@@](O)(c2ccccc2)CCO1. The first-order valence-electron chi connectivity index (χ1n) is 5.44. The molecule has 2 nitrogen and oxygen atoms in total. The normalized spacial score (nSPS) is 30.1. The van der Waals surface area contributed by atoms with E-state index >= 15 is 0 Å². The molecule has 0 amide bonds. The average molecular weight is 206 g/mol. The zero-order valence-electron chi connectivity index (χ0n) is 9.36.